The van der Waals surface area contributed by atoms with E-state index in [0.717, 1.165) is 0 Å². The maximum atomic E-state index is 12.5. The molecule has 0 saturated heterocycles. The minimum Gasteiger partial charge on any atom is -0.481 e. The highest BCUT2D eigenvalue weighted by Crippen LogP contribution is 2.05. The number of hydrogen-bond acceptors (Lipinski definition) is 7. The summed E-state index contributed by atoms with van der Waals surface area (Å²) in [5.41, 5.74) is 5.59. The fourth-order valence-electron chi connectivity index (χ4n) is 2.22. The first-order valence-corrected chi connectivity index (χ1v) is 9.07. The summed E-state index contributed by atoms with van der Waals surface area (Å²) in [7, 11) is 0. The highest BCUT2D eigenvalue weighted by Gasteiger charge is 2.33. The SMILES string of the molecule is CC(NC(=O)C(NC(=O)C(NC(=O)C(N)CCC(=O)O)C(C)O)C(C)C)C(=O)O. The molecule has 0 aliphatic carbocycles. The van der Waals surface area contributed by atoms with E-state index in [-0.39, 0.29) is 12.8 Å². The van der Waals surface area contributed by atoms with Crippen molar-refractivity contribution in [2.45, 2.75) is 70.8 Å². The van der Waals surface area contributed by atoms with Gasteiger partial charge in [0, 0.05) is 6.42 Å². The molecule has 0 saturated carbocycles. The first-order valence-electron chi connectivity index (χ1n) is 9.07. The van der Waals surface area contributed by atoms with E-state index in [1.165, 1.54) is 13.8 Å². The Bertz CT molecular complexity index is 623. The van der Waals surface area contributed by atoms with E-state index >= 15 is 0 Å². The van der Waals surface area contributed by atoms with Crippen LogP contribution in [-0.2, 0) is 24.0 Å². The van der Waals surface area contributed by atoms with E-state index in [9.17, 15) is 29.1 Å². The number of carbonyl (C=O) groups excluding carboxylic acids is 3. The van der Waals surface area contributed by atoms with Crippen LogP contribution in [0.5, 0.6) is 0 Å². The first-order chi connectivity index (χ1) is 13.3. The third kappa shape index (κ3) is 9.34. The minimum absolute atomic E-state index is 0.167. The lowest BCUT2D eigenvalue weighted by molar-refractivity contribution is -0.142. The second-order valence-corrected chi connectivity index (χ2v) is 7.06. The van der Waals surface area contributed by atoms with Crippen molar-refractivity contribution in [2.24, 2.45) is 11.7 Å². The third-order valence-corrected chi connectivity index (χ3v) is 4.04. The van der Waals surface area contributed by atoms with E-state index in [1.807, 2.05) is 0 Å². The van der Waals surface area contributed by atoms with Crippen molar-refractivity contribution < 1.29 is 39.3 Å². The van der Waals surface area contributed by atoms with E-state index in [1.54, 1.807) is 13.8 Å². The largest absolute Gasteiger partial charge is 0.481 e. The summed E-state index contributed by atoms with van der Waals surface area (Å²) >= 11 is 0. The Labute approximate surface area is 168 Å². The number of amides is 3. The molecule has 0 heterocycles. The summed E-state index contributed by atoms with van der Waals surface area (Å²) in [6.45, 7) is 5.74. The Morgan fingerprint density at radius 1 is 0.828 bits per heavy atom. The normalized spacial score (nSPS) is 16.1. The zero-order chi connectivity index (χ0) is 22.9. The van der Waals surface area contributed by atoms with Crippen molar-refractivity contribution >= 4 is 29.7 Å². The van der Waals surface area contributed by atoms with Crippen LogP contribution >= 0.6 is 0 Å². The quantitative estimate of drug-likeness (QED) is 0.183. The maximum absolute atomic E-state index is 12.5. The van der Waals surface area contributed by atoms with E-state index in [4.69, 9.17) is 15.9 Å². The van der Waals surface area contributed by atoms with Gasteiger partial charge in [-0.2, -0.15) is 0 Å². The number of nitrogens with one attached hydrogen (secondary N) is 3. The second-order valence-electron chi connectivity index (χ2n) is 7.06. The van der Waals surface area contributed by atoms with E-state index < -0.39 is 65.8 Å². The number of rotatable bonds is 12. The van der Waals surface area contributed by atoms with Crippen LogP contribution in [-0.4, -0.2) is 75.3 Å². The van der Waals surface area contributed by atoms with Crippen LogP contribution in [0, 0.1) is 5.92 Å². The van der Waals surface area contributed by atoms with Gasteiger partial charge in [-0.15, -0.1) is 0 Å². The molecule has 5 unspecified atom stereocenters. The van der Waals surface area contributed by atoms with Gasteiger partial charge in [0.1, 0.15) is 18.1 Å². The van der Waals surface area contributed by atoms with Crippen molar-refractivity contribution in [3.05, 3.63) is 0 Å². The summed E-state index contributed by atoms with van der Waals surface area (Å²) in [6.07, 6.45) is -1.86. The van der Waals surface area contributed by atoms with Crippen LogP contribution in [0.3, 0.4) is 0 Å². The Hall–Kier alpha value is -2.73. The average Bonchev–Trinajstić information content (AvgIpc) is 2.60. The number of aliphatic hydroxyl groups is 1. The number of hydrogen-bond donors (Lipinski definition) is 7. The molecule has 0 aliphatic heterocycles. The van der Waals surface area contributed by atoms with Crippen molar-refractivity contribution in [3.8, 4) is 0 Å². The zero-order valence-electron chi connectivity index (χ0n) is 16.8. The molecular formula is C17H30N4O8. The standard InChI is InChI=1S/C17H30N4O8/c1-7(2)12(15(26)19-8(3)17(28)29)20-16(27)13(9(4)22)21-14(25)10(18)5-6-11(23)24/h7-10,12-13,22H,5-6,18H2,1-4H3,(H,19,26)(H,20,27)(H,21,25)(H,23,24)(H,28,29). The molecular weight excluding hydrogens is 388 g/mol. The van der Waals surface area contributed by atoms with Crippen molar-refractivity contribution in [1.29, 1.82) is 0 Å². The molecule has 0 aliphatic rings. The van der Waals surface area contributed by atoms with Crippen LogP contribution < -0.4 is 21.7 Å². The molecule has 166 valence electrons. The number of aliphatic carboxylic acids is 2. The van der Waals surface area contributed by atoms with Crippen molar-refractivity contribution in [2.75, 3.05) is 0 Å². The lowest BCUT2D eigenvalue weighted by atomic mass is 10.0. The van der Waals surface area contributed by atoms with Gasteiger partial charge in [-0.1, -0.05) is 13.8 Å². The van der Waals surface area contributed by atoms with Gasteiger partial charge in [-0.25, -0.2) is 0 Å². The Morgan fingerprint density at radius 3 is 1.72 bits per heavy atom. The van der Waals surface area contributed by atoms with Crippen LogP contribution in [0.2, 0.25) is 0 Å². The molecule has 0 aromatic heterocycles. The average molecular weight is 418 g/mol. The van der Waals surface area contributed by atoms with Gasteiger partial charge in [-0.3, -0.25) is 24.0 Å². The van der Waals surface area contributed by atoms with Gasteiger partial charge in [0.05, 0.1) is 12.1 Å². The lowest BCUT2D eigenvalue weighted by Crippen LogP contribution is -2.60. The van der Waals surface area contributed by atoms with Crippen molar-refractivity contribution in [1.82, 2.24) is 16.0 Å². The highest BCUT2D eigenvalue weighted by atomic mass is 16.4. The van der Waals surface area contributed by atoms with Crippen LogP contribution in [0.25, 0.3) is 0 Å². The van der Waals surface area contributed by atoms with Gasteiger partial charge in [0.2, 0.25) is 17.7 Å². The molecule has 29 heavy (non-hydrogen) atoms. The molecule has 5 atom stereocenters. The number of nitrogens with two attached hydrogens (primary N) is 1. The molecule has 12 nitrogen and oxygen atoms in total. The van der Waals surface area contributed by atoms with E-state index in [2.05, 4.69) is 16.0 Å². The van der Waals surface area contributed by atoms with Crippen LogP contribution in [0.4, 0.5) is 0 Å². The topological polar surface area (TPSA) is 208 Å². The molecule has 12 heteroatoms. The fraction of sp³-hybridized carbons (Fsp3) is 0.706. The number of aliphatic hydroxyl groups excluding tert-OH is 1. The van der Waals surface area contributed by atoms with Crippen molar-refractivity contribution in [3.63, 3.8) is 0 Å². The smallest absolute Gasteiger partial charge is 0.325 e. The Kier molecular flexibility index (Phi) is 10.8. The minimum atomic E-state index is -1.45. The summed E-state index contributed by atoms with van der Waals surface area (Å²) in [4.78, 5) is 58.4. The fourth-order valence-corrected chi connectivity index (χ4v) is 2.22. The van der Waals surface area contributed by atoms with Gasteiger partial charge >= 0.3 is 11.9 Å². The summed E-state index contributed by atoms with van der Waals surface area (Å²) in [5, 5.41) is 34.2. The predicted octanol–water partition coefficient (Wildman–Crippen LogP) is -2.23. The third-order valence-electron chi connectivity index (χ3n) is 4.04. The molecule has 3 amide bonds. The lowest BCUT2D eigenvalue weighted by Gasteiger charge is -2.27. The van der Waals surface area contributed by atoms with Gasteiger partial charge in [0.25, 0.3) is 0 Å². The first kappa shape index (κ1) is 26.3. The molecule has 0 aromatic carbocycles. The Morgan fingerprint density at radius 2 is 1.31 bits per heavy atom. The Balaban J connectivity index is 5.16. The molecule has 8 N–H and O–H groups in total. The summed E-state index contributed by atoms with van der Waals surface area (Å²) in [6, 6.07) is -4.96. The molecule has 0 bridgehead atoms. The summed E-state index contributed by atoms with van der Waals surface area (Å²) < 4.78 is 0. The van der Waals surface area contributed by atoms with Crippen LogP contribution in [0.15, 0.2) is 0 Å². The summed E-state index contributed by atoms with van der Waals surface area (Å²) in [5.74, 6) is -5.27. The molecule has 0 rings (SSSR count). The van der Waals surface area contributed by atoms with Gasteiger partial charge in [-0.05, 0) is 26.2 Å². The molecule has 0 fully saturated rings. The van der Waals surface area contributed by atoms with Gasteiger partial charge < -0.3 is 37.0 Å². The van der Waals surface area contributed by atoms with E-state index in [0.29, 0.717) is 0 Å². The number of carboxylic acid groups (broad SMARTS) is 2. The van der Waals surface area contributed by atoms with Crippen LogP contribution in [0.1, 0.15) is 40.5 Å². The highest BCUT2D eigenvalue weighted by molar-refractivity contribution is 5.94. The monoisotopic (exact) mass is 418 g/mol. The maximum Gasteiger partial charge on any atom is 0.325 e. The van der Waals surface area contributed by atoms with Gasteiger partial charge in [0.15, 0.2) is 0 Å². The predicted molar refractivity (Wildman–Crippen MR) is 100 cm³/mol. The second kappa shape index (κ2) is 12.0. The zero-order valence-corrected chi connectivity index (χ0v) is 16.8. The number of carbonyl (C=O) groups is 5. The molecule has 0 radical (unpaired) electrons. The molecule has 0 aromatic rings. The number of carboxylic acids is 2. The molecule has 0 spiro atoms.